The molecular formula is C33H42N2O9. The van der Waals surface area contributed by atoms with Crippen molar-refractivity contribution in [3.8, 4) is 23.0 Å². The minimum atomic E-state index is -0.652. The van der Waals surface area contributed by atoms with Gasteiger partial charge in [0.1, 0.15) is 18.0 Å². The average molecular weight is 611 g/mol. The molecule has 1 saturated carbocycles. The van der Waals surface area contributed by atoms with Gasteiger partial charge in [-0.2, -0.15) is 0 Å². The molecule has 2 heterocycles. The zero-order chi connectivity index (χ0) is 31.4. The van der Waals surface area contributed by atoms with Crippen LogP contribution in [0.15, 0.2) is 36.5 Å². The maximum atomic E-state index is 13.5. The predicted octanol–water partition coefficient (Wildman–Crippen LogP) is 4.12. The third-order valence-electron chi connectivity index (χ3n) is 9.17. The SMILES string of the molecule is COC(=O)[C@H]1[C@H]2CCN(CCc3c[nH]c4cc(OC)ccc34)C[C@H]2C[C@@H](OC(=O)c2cc(OC)c(OC)c(OC)c2)[C@@H]1OC. The first-order chi connectivity index (χ1) is 21.3. The number of likely N-dealkylation sites (tertiary alicyclic amines) is 1. The van der Waals surface area contributed by atoms with Gasteiger partial charge >= 0.3 is 11.9 Å². The minimum absolute atomic E-state index is 0.0559. The van der Waals surface area contributed by atoms with Crippen LogP contribution in [0.25, 0.3) is 10.9 Å². The fourth-order valence-corrected chi connectivity index (χ4v) is 7.00. The molecule has 2 fully saturated rings. The Labute approximate surface area is 257 Å². The number of nitrogens with zero attached hydrogens (tertiary/aromatic N) is 1. The van der Waals surface area contributed by atoms with E-state index in [1.54, 1.807) is 26.4 Å². The molecule has 1 N–H and O–H groups in total. The van der Waals surface area contributed by atoms with Crippen LogP contribution < -0.4 is 18.9 Å². The Morgan fingerprint density at radius 2 is 1.70 bits per heavy atom. The number of fused-ring (bicyclic) bond motifs is 2. The van der Waals surface area contributed by atoms with E-state index < -0.39 is 24.1 Å². The van der Waals surface area contributed by atoms with Gasteiger partial charge in [-0.3, -0.25) is 4.79 Å². The molecule has 5 atom stereocenters. The molecule has 0 radical (unpaired) electrons. The van der Waals surface area contributed by atoms with Crippen molar-refractivity contribution in [2.45, 2.75) is 31.5 Å². The van der Waals surface area contributed by atoms with Crippen molar-refractivity contribution in [2.24, 2.45) is 17.8 Å². The van der Waals surface area contributed by atoms with E-state index in [0.29, 0.717) is 23.7 Å². The summed E-state index contributed by atoms with van der Waals surface area (Å²) in [6.45, 7) is 2.51. The Morgan fingerprint density at radius 3 is 2.34 bits per heavy atom. The molecule has 5 rings (SSSR count). The number of esters is 2. The Bertz CT molecular complexity index is 1450. The van der Waals surface area contributed by atoms with Gasteiger partial charge in [-0.25, -0.2) is 4.79 Å². The highest BCUT2D eigenvalue weighted by Gasteiger charge is 2.52. The molecule has 2 aromatic carbocycles. The standard InChI is InChI=1S/C33H42N2O9/c1-38-22-7-8-23-19(17-34-25(23)16-22)9-11-35-12-10-24-21(18-35)15-28(31(42-5)29(24)33(37)43-6)44-32(36)20-13-26(39-2)30(41-4)27(14-20)40-3/h7-8,13-14,16-17,21,24,28-29,31,34H,9-12,15,18H2,1-6H3/t21-,24+,28-,29+,31+/m1/s1. The molecule has 238 valence electrons. The number of methoxy groups -OCH3 is 6. The zero-order valence-corrected chi connectivity index (χ0v) is 26.2. The summed E-state index contributed by atoms with van der Waals surface area (Å²) in [5, 5.41) is 1.19. The Hall–Kier alpha value is -3.96. The second-order valence-electron chi connectivity index (χ2n) is 11.3. The summed E-state index contributed by atoms with van der Waals surface area (Å²) in [4.78, 5) is 32.4. The topological polar surface area (TPSA) is 118 Å². The van der Waals surface area contributed by atoms with Crippen LogP contribution in [0.3, 0.4) is 0 Å². The van der Waals surface area contributed by atoms with Crippen molar-refractivity contribution in [3.63, 3.8) is 0 Å². The van der Waals surface area contributed by atoms with Crippen molar-refractivity contribution in [2.75, 3.05) is 62.3 Å². The van der Waals surface area contributed by atoms with Crippen LogP contribution in [0.5, 0.6) is 23.0 Å². The largest absolute Gasteiger partial charge is 0.497 e. The summed E-state index contributed by atoms with van der Waals surface area (Å²) in [5.74, 6) is 0.593. The molecule has 1 aromatic heterocycles. The number of aromatic nitrogens is 1. The zero-order valence-electron chi connectivity index (χ0n) is 26.2. The van der Waals surface area contributed by atoms with E-state index in [0.717, 1.165) is 43.7 Å². The molecule has 0 spiro atoms. The molecule has 11 nitrogen and oxygen atoms in total. The number of ether oxygens (including phenoxy) is 7. The van der Waals surface area contributed by atoms with E-state index in [-0.39, 0.29) is 23.4 Å². The summed E-state index contributed by atoms with van der Waals surface area (Å²) < 4.78 is 38.8. The maximum absolute atomic E-state index is 13.5. The lowest BCUT2D eigenvalue weighted by Gasteiger charge is -2.49. The van der Waals surface area contributed by atoms with E-state index in [1.165, 1.54) is 39.4 Å². The van der Waals surface area contributed by atoms with E-state index in [1.807, 2.05) is 12.1 Å². The second-order valence-corrected chi connectivity index (χ2v) is 11.3. The monoisotopic (exact) mass is 610 g/mol. The number of carbonyl (C=O) groups is 2. The minimum Gasteiger partial charge on any atom is -0.497 e. The smallest absolute Gasteiger partial charge is 0.338 e. The number of nitrogens with one attached hydrogen (secondary N) is 1. The quantitative estimate of drug-likeness (QED) is 0.318. The van der Waals surface area contributed by atoms with Crippen LogP contribution in [0.2, 0.25) is 0 Å². The van der Waals surface area contributed by atoms with Crippen LogP contribution in [0, 0.1) is 17.8 Å². The fourth-order valence-electron chi connectivity index (χ4n) is 7.00. The van der Waals surface area contributed by atoms with Crippen molar-refractivity contribution in [3.05, 3.63) is 47.7 Å². The number of carbonyl (C=O) groups excluding carboxylic acids is 2. The van der Waals surface area contributed by atoms with Crippen LogP contribution in [0.4, 0.5) is 0 Å². The van der Waals surface area contributed by atoms with Gasteiger partial charge in [0.2, 0.25) is 5.75 Å². The summed E-state index contributed by atoms with van der Waals surface area (Å²) in [7, 11) is 9.07. The third kappa shape index (κ3) is 6.16. The first kappa shape index (κ1) is 31.5. The van der Waals surface area contributed by atoms with Gasteiger partial charge in [0.05, 0.1) is 47.0 Å². The number of piperidine rings is 1. The highest BCUT2D eigenvalue weighted by atomic mass is 16.6. The van der Waals surface area contributed by atoms with Gasteiger partial charge in [-0.1, -0.05) is 0 Å². The number of H-pyrrole nitrogens is 1. The summed E-state index contributed by atoms with van der Waals surface area (Å²) in [5.41, 5.74) is 2.54. The Morgan fingerprint density at radius 1 is 0.955 bits per heavy atom. The van der Waals surface area contributed by atoms with Crippen LogP contribution in [-0.4, -0.2) is 96.3 Å². The average Bonchev–Trinajstić information content (AvgIpc) is 3.47. The molecule has 0 bridgehead atoms. The third-order valence-corrected chi connectivity index (χ3v) is 9.17. The molecule has 1 aliphatic heterocycles. The maximum Gasteiger partial charge on any atom is 0.338 e. The van der Waals surface area contributed by atoms with E-state index in [9.17, 15) is 9.59 Å². The number of aromatic amines is 1. The normalized spacial score (nSPS) is 23.5. The number of rotatable bonds is 11. The summed E-state index contributed by atoms with van der Waals surface area (Å²) in [6.07, 6.45) is 3.04. The lowest BCUT2D eigenvalue weighted by atomic mass is 9.66. The Kier molecular flexibility index (Phi) is 9.85. The second kappa shape index (κ2) is 13.8. The molecule has 0 unspecified atom stereocenters. The predicted molar refractivity (Wildman–Crippen MR) is 163 cm³/mol. The molecular weight excluding hydrogens is 568 g/mol. The first-order valence-electron chi connectivity index (χ1n) is 14.8. The Balaban J connectivity index is 1.33. The van der Waals surface area contributed by atoms with Gasteiger partial charge in [0, 0.05) is 43.4 Å². The van der Waals surface area contributed by atoms with Crippen molar-refractivity contribution in [1.82, 2.24) is 9.88 Å². The number of benzene rings is 2. The van der Waals surface area contributed by atoms with Crippen molar-refractivity contribution >= 4 is 22.8 Å². The number of hydrogen-bond acceptors (Lipinski definition) is 10. The molecule has 44 heavy (non-hydrogen) atoms. The van der Waals surface area contributed by atoms with Gasteiger partial charge in [-0.15, -0.1) is 0 Å². The highest BCUT2D eigenvalue weighted by Crippen LogP contribution is 2.44. The fraction of sp³-hybridized carbons (Fsp3) is 0.515. The van der Waals surface area contributed by atoms with Gasteiger partial charge in [-0.05, 0) is 67.5 Å². The van der Waals surface area contributed by atoms with Gasteiger partial charge in [0.15, 0.2) is 11.5 Å². The molecule has 2 aliphatic rings. The summed E-state index contributed by atoms with van der Waals surface area (Å²) >= 11 is 0. The van der Waals surface area contributed by atoms with Crippen LogP contribution in [0.1, 0.15) is 28.8 Å². The summed E-state index contributed by atoms with van der Waals surface area (Å²) in [6, 6.07) is 9.18. The first-order valence-corrected chi connectivity index (χ1v) is 14.8. The molecule has 1 aliphatic carbocycles. The molecule has 3 aromatic rings. The van der Waals surface area contributed by atoms with Crippen LogP contribution in [-0.2, 0) is 25.4 Å². The van der Waals surface area contributed by atoms with Gasteiger partial charge < -0.3 is 43.0 Å². The van der Waals surface area contributed by atoms with E-state index >= 15 is 0 Å². The molecule has 11 heteroatoms. The molecule has 0 amide bonds. The van der Waals surface area contributed by atoms with Crippen molar-refractivity contribution < 1.29 is 42.7 Å². The van der Waals surface area contributed by atoms with E-state index in [4.69, 9.17) is 33.2 Å². The van der Waals surface area contributed by atoms with Gasteiger partial charge in [0.25, 0.3) is 0 Å². The van der Waals surface area contributed by atoms with E-state index in [2.05, 4.69) is 22.1 Å². The lowest BCUT2D eigenvalue weighted by molar-refractivity contribution is -0.173. The lowest BCUT2D eigenvalue weighted by Crippen LogP contribution is -2.57. The molecule has 1 saturated heterocycles. The number of hydrogen-bond donors (Lipinski definition) is 1. The van der Waals surface area contributed by atoms with Crippen molar-refractivity contribution in [1.29, 1.82) is 0 Å². The van der Waals surface area contributed by atoms with Crippen LogP contribution >= 0.6 is 0 Å². The highest BCUT2D eigenvalue weighted by molar-refractivity contribution is 5.91.